The van der Waals surface area contributed by atoms with Crippen LogP contribution in [-0.2, 0) is 0 Å². The quantitative estimate of drug-likeness (QED) is 0.703. The number of hydrogen-bond donors (Lipinski definition) is 0. The fraction of sp³-hybridized carbons (Fsp3) is 0.200. The third-order valence-corrected chi connectivity index (χ3v) is 2.32. The second-order valence-electron chi connectivity index (χ2n) is 2.62. The van der Waals surface area contributed by atoms with Crippen molar-refractivity contribution in [3.05, 3.63) is 39.5 Å². The molecule has 0 spiro atoms. The summed E-state index contributed by atoms with van der Waals surface area (Å²) in [5, 5.41) is 1.15. The van der Waals surface area contributed by atoms with Crippen molar-refractivity contribution in [1.82, 2.24) is 0 Å². The maximum Gasteiger partial charge on any atom is 0.164 e. The van der Waals surface area contributed by atoms with Crippen LogP contribution in [0, 0.1) is 6.58 Å². The Morgan fingerprint density at radius 3 is 2.21 bits per heavy atom. The maximum atomic E-state index is 5.87. The van der Waals surface area contributed by atoms with Crippen LogP contribution < -0.4 is 4.74 Å². The fourth-order valence-electron chi connectivity index (χ4n) is 0.830. The molecule has 0 aromatic heterocycles. The van der Waals surface area contributed by atoms with E-state index in [9.17, 15) is 0 Å². The number of hydrogen-bond acceptors (Lipinski definition) is 1. The summed E-state index contributed by atoms with van der Waals surface area (Å²) in [7, 11) is 0. The molecule has 0 aliphatic rings. The van der Waals surface area contributed by atoms with E-state index in [1.807, 2.05) is 6.92 Å². The molecule has 0 amide bonds. The van der Waals surface area contributed by atoms with E-state index in [2.05, 4.69) is 0 Å². The first kappa shape index (κ1) is 11.7. The molecule has 14 heavy (non-hydrogen) atoms. The first-order valence-corrected chi connectivity index (χ1v) is 5.11. The molecular weight excluding hydrogens is 242 g/mol. The van der Waals surface area contributed by atoms with Gasteiger partial charge in [-0.2, -0.15) is 0 Å². The number of rotatable bonds is 3. The summed E-state index contributed by atoms with van der Waals surface area (Å²) in [5.41, 5.74) is 0. The van der Waals surface area contributed by atoms with E-state index < -0.39 is 0 Å². The van der Waals surface area contributed by atoms with Gasteiger partial charge < -0.3 is 4.74 Å². The molecule has 0 aliphatic carbocycles. The molecule has 0 heterocycles. The minimum Gasteiger partial charge on any atom is -0.459 e. The Balaban J connectivity index is 3.02. The molecule has 0 N–H and O–H groups in total. The van der Waals surface area contributed by atoms with Gasteiger partial charge in [0, 0.05) is 11.4 Å². The van der Waals surface area contributed by atoms with Crippen molar-refractivity contribution in [3.8, 4) is 5.75 Å². The molecule has 0 saturated carbocycles. The Hall–Kier alpha value is -0.370. The molecule has 0 atom stereocenters. The van der Waals surface area contributed by atoms with Gasteiger partial charge in [-0.1, -0.05) is 41.7 Å². The number of allylic oxidation sites excluding steroid dienone is 1. The first-order chi connectivity index (χ1) is 6.54. The van der Waals surface area contributed by atoms with Crippen LogP contribution in [0.5, 0.6) is 5.75 Å². The van der Waals surface area contributed by atoms with Crippen LogP contribution in [-0.4, -0.2) is 0 Å². The van der Waals surface area contributed by atoms with Gasteiger partial charge in [0.05, 0.1) is 10.0 Å². The third-order valence-electron chi connectivity index (χ3n) is 1.54. The van der Waals surface area contributed by atoms with Crippen molar-refractivity contribution in [3.63, 3.8) is 0 Å². The smallest absolute Gasteiger partial charge is 0.164 e. The Morgan fingerprint density at radius 2 is 1.79 bits per heavy atom. The van der Waals surface area contributed by atoms with E-state index in [-0.39, 0.29) is 0 Å². The van der Waals surface area contributed by atoms with E-state index in [4.69, 9.17) is 46.1 Å². The van der Waals surface area contributed by atoms with Crippen LogP contribution in [0.25, 0.3) is 0 Å². The summed E-state index contributed by atoms with van der Waals surface area (Å²) in [6, 6.07) is 3.10. The van der Waals surface area contributed by atoms with Gasteiger partial charge in [-0.25, -0.2) is 0 Å². The second kappa shape index (κ2) is 4.92. The van der Waals surface area contributed by atoms with Crippen LogP contribution in [0.2, 0.25) is 15.1 Å². The van der Waals surface area contributed by atoms with E-state index in [0.29, 0.717) is 33.0 Å². The SMILES string of the molecule is [CH]=C(CC)Oc1c(Cl)cc(Cl)cc1Cl. The van der Waals surface area contributed by atoms with Gasteiger partial charge in [0.1, 0.15) is 5.76 Å². The van der Waals surface area contributed by atoms with Crippen molar-refractivity contribution in [2.75, 3.05) is 0 Å². The molecule has 0 fully saturated rings. The summed E-state index contributed by atoms with van der Waals surface area (Å²) in [6.45, 7) is 7.39. The lowest BCUT2D eigenvalue weighted by Gasteiger charge is -2.10. The molecule has 1 rings (SSSR count). The summed E-state index contributed by atoms with van der Waals surface area (Å²) >= 11 is 17.5. The molecule has 0 saturated heterocycles. The highest BCUT2D eigenvalue weighted by molar-refractivity contribution is 6.40. The first-order valence-electron chi connectivity index (χ1n) is 3.98. The van der Waals surface area contributed by atoms with Gasteiger partial charge in [0.2, 0.25) is 0 Å². The number of halogens is 3. The van der Waals surface area contributed by atoms with E-state index in [1.54, 1.807) is 12.1 Å². The maximum absolute atomic E-state index is 5.87. The largest absolute Gasteiger partial charge is 0.459 e. The Labute approximate surface area is 98.2 Å². The highest BCUT2D eigenvalue weighted by Crippen LogP contribution is 2.36. The molecular formula is C10H8Cl3O. The van der Waals surface area contributed by atoms with Crippen LogP contribution >= 0.6 is 34.8 Å². The third kappa shape index (κ3) is 2.81. The molecule has 1 aromatic carbocycles. The summed E-state index contributed by atoms with van der Waals surface area (Å²) in [5.74, 6) is 0.702. The molecule has 4 heteroatoms. The predicted octanol–water partition coefficient (Wildman–Crippen LogP) is 4.75. The lowest BCUT2D eigenvalue weighted by atomic mass is 10.3. The fourth-order valence-corrected chi connectivity index (χ4v) is 1.72. The van der Waals surface area contributed by atoms with Gasteiger partial charge in [-0.3, -0.25) is 0 Å². The van der Waals surface area contributed by atoms with Gasteiger partial charge in [0.25, 0.3) is 0 Å². The average molecular weight is 251 g/mol. The minimum atomic E-state index is 0.345. The highest BCUT2D eigenvalue weighted by atomic mass is 35.5. The van der Waals surface area contributed by atoms with Gasteiger partial charge in [0.15, 0.2) is 5.75 Å². The van der Waals surface area contributed by atoms with Crippen LogP contribution in [0.15, 0.2) is 17.9 Å². The average Bonchev–Trinajstić information content (AvgIpc) is 2.10. The lowest BCUT2D eigenvalue weighted by molar-refractivity contribution is 0.410. The van der Waals surface area contributed by atoms with Gasteiger partial charge in [-0.05, 0) is 18.7 Å². The van der Waals surface area contributed by atoms with Gasteiger partial charge in [-0.15, -0.1) is 0 Å². The number of benzene rings is 1. The summed E-state index contributed by atoms with van der Waals surface area (Å²) in [6.07, 6.45) is 0.593. The summed E-state index contributed by atoms with van der Waals surface area (Å²) < 4.78 is 5.25. The van der Waals surface area contributed by atoms with Crippen LogP contribution in [0.1, 0.15) is 13.3 Å². The van der Waals surface area contributed by atoms with Crippen molar-refractivity contribution >= 4 is 34.8 Å². The van der Waals surface area contributed by atoms with Crippen LogP contribution in [0.4, 0.5) is 0 Å². The molecule has 0 bridgehead atoms. The van der Waals surface area contributed by atoms with Crippen LogP contribution in [0.3, 0.4) is 0 Å². The summed E-state index contributed by atoms with van der Waals surface area (Å²) in [4.78, 5) is 0. The molecule has 75 valence electrons. The Morgan fingerprint density at radius 1 is 1.29 bits per heavy atom. The molecule has 0 aliphatic heterocycles. The molecule has 0 unspecified atom stereocenters. The Bertz CT molecular complexity index is 337. The van der Waals surface area contributed by atoms with Gasteiger partial charge >= 0.3 is 0 Å². The predicted molar refractivity (Wildman–Crippen MR) is 60.2 cm³/mol. The standard InChI is InChI=1S/C10H8Cl3O/c1-3-6(2)14-10-8(12)4-7(11)5-9(10)13/h2,4-5H,3H2,1H3. The van der Waals surface area contributed by atoms with Crippen molar-refractivity contribution in [2.24, 2.45) is 0 Å². The van der Waals surface area contributed by atoms with E-state index >= 15 is 0 Å². The second-order valence-corrected chi connectivity index (χ2v) is 3.87. The topological polar surface area (TPSA) is 9.23 Å². The highest BCUT2D eigenvalue weighted by Gasteiger charge is 2.09. The zero-order valence-corrected chi connectivity index (χ0v) is 9.75. The number of ether oxygens (including phenoxy) is 1. The molecule has 1 nitrogen and oxygen atoms in total. The molecule has 1 aromatic rings. The monoisotopic (exact) mass is 249 g/mol. The zero-order chi connectivity index (χ0) is 10.7. The lowest BCUT2D eigenvalue weighted by Crippen LogP contribution is -1.93. The molecule has 1 radical (unpaired) electrons. The van der Waals surface area contributed by atoms with Crippen molar-refractivity contribution in [2.45, 2.75) is 13.3 Å². The minimum absolute atomic E-state index is 0.345. The van der Waals surface area contributed by atoms with Crippen molar-refractivity contribution < 1.29 is 4.74 Å². The zero-order valence-electron chi connectivity index (χ0n) is 7.48. The van der Waals surface area contributed by atoms with E-state index in [0.717, 1.165) is 0 Å². The Kier molecular flexibility index (Phi) is 4.11. The van der Waals surface area contributed by atoms with E-state index in [1.165, 1.54) is 0 Å². The van der Waals surface area contributed by atoms with Crippen molar-refractivity contribution in [1.29, 1.82) is 0 Å². The normalized spacial score (nSPS) is 10.0.